The van der Waals surface area contributed by atoms with E-state index in [1.54, 1.807) is 30.3 Å². The first kappa shape index (κ1) is 19.0. The maximum absolute atomic E-state index is 13.7. The maximum atomic E-state index is 13.7. The van der Waals surface area contributed by atoms with Crippen molar-refractivity contribution in [2.24, 2.45) is 0 Å². The first-order valence-electron chi connectivity index (χ1n) is 8.45. The van der Waals surface area contributed by atoms with Crippen LogP contribution in [0.1, 0.15) is 21.5 Å². The van der Waals surface area contributed by atoms with Crippen LogP contribution >= 0.6 is 11.6 Å². The summed E-state index contributed by atoms with van der Waals surface area (Å²) in [5.74, 6) is -0.461. The summed E-state index contributed by atoms with van der Waals surface area (Å²) in [7, 11) is 0. The predicted octanol–water partition coefficient (Wildman–Crippen LogP) is 6.26. The molecule has 0 atom stereocenters. The van der Waals surface area contributed by atoms with E-state index in [1.165, 1.54) is 24.5 Å². The second-order valence-corrected chi connectivity index (χ2v) is 6.58. The number of nitrogens with zero attached hydrogens (tertiary/aromatic N) is 1. The van der Waals surface area contributed by atoms with Gasteiger partial charge in [0.2, 0.25) is 0 Å². The molecule has 4 aromatic rings. The normalized spacial score (nSPS) is 11.6. The van der Waals surface area contributed by atoms with Gasteiger partial charge in [-0.05, 0) is 36.4 Å². The van der Waals surface area contributed by atoms with Crippen LogP contribution in [-0.4, -0.2) is 15.8 Å². The number of hydrogen-bond donors (Lipinski definition) is 1. The molecular weight excluding hydrogens is 405 g/mol. The number of ether oxygens (including phenoxy) is 1. The zero-order valence-corrected chi connectivity index (χ0v) is 15.4. The lowest BCUT2D eigenvalue weighted by molar-refractivity contribution is -0.138. The summed E-state index contributed by atoms with van der Waals surface area (Å²) >= 11 is 6.13. The van der Waals surface area contributed by atoms with Crippen LogP contribution in [0.15, 0.2) is 67.0 Å². The lowest BCUT2D eigenvalue weighted by Crippen LogP contribution is -2.14. The minimum absolute atomic E-state index is 0.0142. The molecule has 0 saturated carbocycles. The van der Waals surface area contributed by atoms with Crippen LogP contribution < -0.4 is 4.74 Å². The Kier molecular flexibility index (Phi) is 4.76. The number of para-hydroxylation sites is 1. The second kappa shape index (κ2) is 7.25. The molecule has 0 saturated heterocycles. The molecule has 4 rings (SSSR count). The third-order valence-corrected chi connectivity index (χ3v) is 4.60. The number of aromatic amines is 1. The molecule has 2 aromatic heterocycles. The van der Waals surface area contributed by atoms with Gasteiger partial charge in [-0.3, -0.25) is 4.79 Å². The Morgan fingerprint density at radius 3 is 2.48 bits per heavy atom. The number of carbonyl (C=O) groups excluding carboxylic acids is 1. The van der Waals surface area contributed by atoms with Crippen LogP contribution in [0.5, 0.6) is 11.5 Å². The van der Waals surface area contributed by atoms with Gasteiger partial charge in [0.05, 0.1) is 16.1 Å². The molecule has 29 heavy (non-hydrogen) atoms. The van der Waals surface area contributed by atoms with Crippen molar-refractivity contribution in [1.82, 2.24) is 9.97 Å². The monoisotopic (exact) mass is 416 g/mol. The van der Waals surface area contributed by atoms with Crippen LogP contribution in [0, 0.1) is 0 Å². The van der Waals surface area contributed by atoms with Crippen molar-refractivity contribution in [1.29, 1.82) is 0 Å². The molecule has 8 heteroatoms. The van der Waals surface area contributed by atoms with Crippen LogP contribution in [0.2, 0.25) is 5.02 Å². The fraction of sp³-hybridized carbons (Fsp3) is 0.0476. The van der Waals surface area contributed by atoms with Crippen molar-refractivity contribution in [3.63, 3.8) is 0 Å². The minimum atomic E-state index is -4.75. The fourth-order valence-corrected chi connectivity index (χ4v) is 3.23. The van der Waals surface area contributed by atoms with Crippen molar-refractivity contribution < 1.29 is 22.7 Å². The van der Waals surface area contributed by atoms with Crippen molar-refractivity contribution in [2.45, 2.75) is 6.18 Å². The standard InChI is InChI=1S/C21H12ClF3N2O2/c22-17-8-9-26-20-18(17)15(11-27-20)19(28)14-7-6-13(10-16(14)21(23,24)25)29-12-4-2-1-3-5-12/h1-11H,(H,26,27). The molecule has 0 spiro atoms. The predicted molar refractivity (Wildman–Crippen MR) is 102 cm³/mol. The zero-order valence-electron chi connectivity index (χ0n) is 14.6. The van der Waals surface area contributed by atoms with E-state index in [1.807, 2.05) is 0 Å². The summed E-state index contributed by atoms with van der Waals surface area (Å²) in [5, 5.41) is 0.495. The third kappa shape index (κ3) is 3.69. The summed E-state index contributed by atoms with van der Waals surface area (Å²) < 4.78 is 46.6. The minimum Gasteiger partial charge on any atom is -0.457 e. The number of benzene rings is 2. The number of H-pyrrole nitrogens is 1. The number of carbonyl (C=O) groups is 1. The summed E-state index contributed by atoms with van der Waals surface area (Å²) in [5.41, 5.74) is -1.26. The highest BCUT2D eigenvalue weighted by Gasteiger charge is 2.36. The number of halogens is 4. The van der Waals surface area contributed by atoms with Crippen LogP contribution in [0.3, 0.4) is 0 Å². The van der Waals surface area contributed by atoms with E-state index in [4.69, 9.17) is 16.3 Å². The SMILES string of the molecule is O=C(c1ccc(Oc2ccccc2)cc1C(F)(F)F)c1c[nH]c2nccc(Cl)c12. The number of hydrogen-bond acceptors (Lipinski definition) is 3. The average Bonchev–Trinajstić information content (AvgIpc) is 3.13. The zero-order chi connectivity index (χ0) is 20.6. The number of pyridine rings is 1. The van der Waals surface area contributed by atoms with Crippen LogP contribution in [-0.2, 0) is 6.18 Å². The maximum Gasteiger partial charge on any atom is 0.417 e. The molecule has 2 aromatic carbocycles. The van der Waals surface area contributed by atoms with Gasteiger partial charge < -0.3 is 9.72 Å². The first-order valence-corrected chi connectivity index (χ1v) is 8.83. The molecular formula is C21H12ClF3N2O2. The molecule has 4 nitrogen and oxygen atoms in total. The Morgan fingerprint density at radius 2 is 1.76 bits per heavy atom. The molecule has 146 valence electrons. The Morgan fingerprint density at radius 1 is 1.00 bits per heavy atom. The molecule has 0 unspecified atom stereocenters. The van der Waals surface area contributed by atoms with Crippen molar-refractivity contribution in [3.05, 3.63) is 88.7 Å². The highest BCUT2D eigenvalue weighted by atomic mass is 35.5. The van der Waals surface area contributed by atoms with Gasteiger partial charge in [-0.2, -0.15) is 13.2 Å². The second-order valence-electron chi connectivity index (χ2n) is 6.17. The summed E-state index contributed by atoms with van der Waals surface area (Å²) in [6.45, 7) is 0. The van der Waals surface area contributed by atoms with Gasteiger partial charge in [0.15, 0.2) is 5.78 Å². The fourth-order valence-electron chi connectivity index (χ4n) is 2.98. The van der Waals surface area contributed by atoms with E-state index in [-0.39, 0.29) is 21.7 Å². The van der Waals surface area contributed by atoms with Gasteiger partial charge in [0, 0.05) is 23.3 Å². The number of fused-ring (bicyclic) bond motifs is 1. The van der Waals surface area contributed by atoms with Gasteiger partial charge in [0.1, 0.15) is 17.1 Å². The molecule has 0 aliphatic rings. The molecule has 0 aliphatic heterocycles. The average molecular weight is 417 g/mol. The largest absolute Gasteiger partial charge is 0.457 e. The number of ketones is 1. The number of nitrogens with one attached hydrogen (secondary N) is 1. The molecule has 0 bridgehead atoms. The number of alkyl halides is 3. The Hall–Kier alpha value is -3.32. The van der Waals surface area contributed by atoms with Gasteiger partial charge >= 0.3 is 6.18 Å². The topological polar surface area (TPSA) is 55.0 Å². The Labute approximate surface area is 167 Å². The van der Waals surface area contributed by atoms with E-state index in [9.17, 15) is 18.0 Å². The van der Waals surface area contributed by atoms with E-state index in [0.717, 1.165) is 12.1 Å². The highest BCUT2D eigenvalue weighted by molar-refractivity contribution is 6.37. The molecule has 0 radical (unpaired) electrons. The molecule has 1 N–H and O–H groups in total. The number of aromatic nitrogens is 2. The van der Waals surface area contributed by atoms with Crippen molar-refractivity contribution in [3.8, 4) is 11.5 Å². The molecule has 0 amide bonds. The third-order valence-electron chi connectivity index (χ3n) is 4.29. The van der Waals surface area contributed by atoms with Crippen LogP contribution in [0.4, 0.5) is 13.2 Å². The lowest BCUT2D eigenvalue weighted by Gasteiger charge is -2.14. The van der Waals surface area contributed by atoms with Gasteiger partial charge in [-0.15, -0.1) is 0 Å². The quantitative estimate of drug-likeness (QED) is 0.399. The highest BCUT2D eigenvalue weighted by Crippen LogP contribution is 2.37. The molecule has 0 aliphatic carbocycles. The van der Waals surface area contributed by atoms with E-state index < -0.39 is 23.1 Å². The summed E-state index contributed by atoms with van der Waals surface area (Å²) in [6, 6.07) is 13.1. The Bertz CT molecular complexity index is 1200. The van der Waals surface area contributed by atoms with Gasteiger partial charge in [0.25, 0.3) is 0 Å². The Balaban J connectivity index is 1.79. The molecule has 0 fully saturated rings. The number of rotatable bonds is 4. The van der Waals surface area contributed by atoms with Crippen molar-refractivity contribution in [2.75, 3.05) is 0 Å². The van der Waals surface area contributed by atoms with E-state index in [2.05, 4.69) is 9.97 Å². The van der Waals surface area contributed by atoms with Crippen LogP contribution in [0.25, 0.3) is 11.0 Å². The van der Waals surface area contributed by atoms with Gasteiger partial charge in [-0.25, -0.2) is 4.98 Å². The summed E-state index contributed by atoms with van der Waals surface area (Å²) in [6.07, 6.45) is -2.01. The first-order chi connectivity index (χ1) is 13.8. The van der Waals surface area contributed by atoms with Gasteiger partial charge in [-0.1, -0.05) is 29.8 Å². The van der Waals surface area contributed by atoms with E-state index in [0.29, 0.717) is 11.4 Å². The van der Waals surface area contributed by atoms with E-state index >= 15 is 0 Å². The lowest BCUT2D eigenvalue weighted by atomic mass is 9.97. The van der Waals surface area contributed by atoms with Crippen molar-refractivity contribution >= 4 is 28.4 Å². The summed E-state index contributed by atoms with van der Waals surface area (Å²) in [4.78, 5) is 19.8. The smallest absolute Gasteiger partial charge is 0.417 e. The molecule has 2 heterocycles.